The van der Waals surface area contributed by atoms with Gasteiger partial charge in [0.05, 0.1) is 28.4 Å². The molecular weight excluding hydrogens is 212 g/mol. The van der Waals surface area contributed by atoms with Crippen molar-refractivity contribution in [3.05, 3.63) is 40.1 Å². The molecule has 0 amide bonds. The molecule has 1 aromatic heterocycles. The zero-order valence-electron chi connectivity index (χ0n) is 8.14. The van der Waals surface area contributed by atoms with E-state index in [2.05, 4.69) is 4.98 Å². The number of hydrogen-bond acceptors (Lipinski definition) is 3. The van der Waals surface area contributed by atoms with Crippen molar-refractivity contribution in [1.82, 2.24) is 4.98 Å². The highest BCUT2D eigenvalue weighted by molar-refractivity contribution is 5.92. The highest BCUT2D eigenvalue weighted by Gasteiger charge is 2.16. The third kappa shape index (κ3) is 1.60. The van der Waals surface area contributed by atoms with Crippen molar-refractivity contribution in [3.63, 3.8) is 0 Å². The first-order valence-corrected chi connectivity index (χ1v) is 4.54. The molecule has 6 nitrogen and oxygen atoms in total. The van der Waals surface area contributed by atoms with Crippen LogP contribution >= 0.6 is 0 Å². The quantitative estimate of drug-likeness (QED) is 0.607. The Bertz CT molecular complexity index is 573. The number of carboxylic acid groups (broad SMARTS) is 1. The molecule has 0 aliphatic heterocycles. The second-order valence-electron chi connectivity index (χ2n) is 3.34. The number of nitrogens with one attached hydrogen (secondary N) is 1. The molecular formula is C10H8N2O4. The Morgan fingerprint density at radius 1 is 1.50 bits per heavy atom. The van der Waals surface area contributed by atoms with E-state index in [0.29, 0.717) is 16.5 Å². The van der Waals surface area contributed by atoms with Crippen LogP contribution in [0.2, 0.25) is 0 Å². The molecule has 0 aliphatic carbocycles. The number of aromatic amines is 1. The normalized spacial score (nSPS) is 10.5. The summed E-state index contributed by atoms with van der Waals surface area (Å²) in [6, 6.07) is 4.84. The summed E-state index contributed by atoms with van der Waals surface area (Å²) < 4.78 is 0. The van der Waals surface area contributed by atoms with Gasteiger partial charge in [0.15, 0.2) is 0 Å². The number of carbonyl (C=O) groups is 1. The van der Waals surface area contributed by atoms with Crippen molar-refractivity contribution in [1.29, 1.82) is 0 Å². The molecule has 0 spiro atoms. The number of aromatic nitrogens is 1. The van der Waals surface area contributed by atoms with E-state index < -0.39 is 10.9 Å². The zero-order valence-corrected chi connectivity index (χ0v) is 8.14. The fourth-order valence-electron chi connectivity index (χ4n) is 1.66. The predicted octanol–water partition coefficient (Wildman–Crippen LogP) is 1.70. The Hall–Kier alpha value is -2.37. The van der Waals surface area contributed by atoms with Crippen LogP contribution < -0.4 is 0 Å². The first kappa shape index (κ1) is 10.2. The molecule has 16 heavy (non-hydrogen) atoms. The molecule has 1 heterocycles. The van der Waals surface area contributed by atoms with Gasteiger partial charge < -0.3 is 10.1 Å². The summed E-state index contributed by atoms with van der Waals surface area (Å²) in [6.07, 6.45) is 1.12. The summed E-state index contributed by atoms with van der Waals surface area (Å²) in [5, 5.41) is 19.8. The number of benzene rings is 1. The van der Waals surface area contributed by atoms with Crippen molar-refractivity contribution in [3.8, 4) is 0 Å². The maximum atomic E-state index is 10.7. The summed E-state index contributed by atoms with van der Waals surface area (Å²) in [5.74, 6) is -0.968. The largest absolute Gasteiger partial charge is 0.481 e. The van der Waals surface area contributed by atoms with Crippen LogP contribution in [0.3, 0.4) is 0 Å². The zero-order chi connectivity index (χ0) is 11.7. The van der Waals surface area contributed by atoms with Crippen LogP contribution in [0.4, 0.5) is 5.69 Å². The SMILES string of the molecule is O=C(O)Cc1cccc2c([N+](=O)[O-])c[nH]c12. The van der Waals surface area contributed by atoms with E-state index in [4.69, 9.17) is 5.11 Å². The smallest absolute Gasteiger partial charge is 0.307 e. The lowest BCUT2D eigenvalue weighted by molar-refractivity contribution is -0.383. The second kappa shape index (κ2) is 3.65. The van der Waals surface area contributed by atoms with Crippen molar-refractivity contribution in [2.24, 2.45) is 0 Å². The van der Waals surface area contributed by atoms with Crippen LogP contribution in [0.25, 0.3) is 10.9 Å². The summed E-state index contributed by atoms with van der Waals surface area (Å²) in [7, 11) is 0. The summed E-state index contributed by atoms with van der Waals surface area (Å²) in [5.41, 5.74) is 1.01. The van der Waals surface area contributed by atoms with Gasteiger partial charge in [0.25, 0.3) is 5.69 Å². The molecule has 2 N–H and O–H groups in total. The highest BCUT2D eigenvalue weighted by Crippen LogP contribution is 2.27. The Morgan fingerprint density at radius 2 is 2.25 bits per heavy atom. The number of para-hydroxylation sites is 1. The molecule has 0 saturated heterocycles. The lowest BCUT2D eigenvalue weighted by atomic mass is 10.1. The Balaban J connectivity index is 2.61. The van der Waals surface area contributed by atoms with Crippen LogP contribution in [0.15, 0.2) is 24.4 Å². The van der Waals surface area contributed by atoms with E-state index >= 15 is 0 Å². The van der Waals surface area contributed by atoms with Crippen LogP contribution in [-0.2, 0) is 11.2 Å². The average Bonchev–Trinajstić information content (AvgIpc) is 2.61. The predicted molar refractivity (Wildman–Crippen MR) is 56.3 cm³/mol. The average molecular weight is 220 g/mol. The van der Waals surface area contributed by atoms with Crippen LogP contribution in [0.1, 0.15) is 5.56 Å². The van der Waals surface area contributed by atoms with Crippen molar-refractivity contribution >= 4 is 22.6 Å². The third-order valence-corrected chi connectivity index (χ3v) is 2.32. The van der Waals surface area contributed by atoms with Crippen molar-refractivity contribution in [2.45, 2.75) is 6.42 Å². The van der Waals surface area contributed by atoms with Gasteiger partial charge in [-0.25, -0.2) is 0 Å². The van der Waals surface area contributed by atoms with Gasteiger partial charge in [-0.05, 0) is 11.6 Å². The molecule has 6 heteroatoms. The molecule has 2 aromatic rings. The van der Waals surface area contributed by atoms with Gasteiger partial charge in [-0.3, -0.25) is 14.9 Å². The van der Waals surface area contributed by atoms with Crippen LogP contribution in [0.5, 0.6) is 0 Å². The topological polar surface area (TPSA) is 96.2 Å². The van der Waals surface area contributed by atoms with Gasteiger partial charge in [0.1, 0.15) is 0 Å². The molecule has 0 fully saturated rings. The Labute approximate surface area is 89.7 Å². The molecule has 0 bridgehead atoms. The van der Waals surface area contributed by atoms with Gasteiger partial charge in [-0.15, -0.1) is 0 Å². The summed E-state index contributed by atoms with van der Waals surface area (Å²) in [4.78, 5) is 23.5. The van der Waals surface area contributed by atoms with Crippen molar-refractivity contribution < 1.29 is 14.8 Å². The lowest BCUT2D eigenvalue weighted by Gasteiger charge is -1.98. The van der Waals surface area contributed by atoms with Crippen LogP contribution in [0, 0.1) is 10.1 Å². The fraction of sp³-hybridized carbons (Fsp3) is 0.100. The summed E-state index contributed by atoms with van der Waals surface area (Å²) >= 11 is 0. The minimum Gasteiger partial charge on any atom is -0.481 e. The Morgan fingerprint density at radius 3 is 2.88 bits per heavy atom. The molecule has 1 aromatic carbocycles. The molecule has 0 saturated carbocycles. The maximum Gasteiger partial charge on any atom is 0.307 e. The number of rotatable bonds is 3. The number of H-pyrrole nitrogens is 1. The number of nitrogens with zero attached hydrogens (tertiary/aromatic N) is 1. The first-order chi connectivity index (χ1) is 7.59. The van der Waals surface area contributed by atoms with E-state index in [1.54, 1.807) is 18.2 Å². The van der Waals surface area contributed by atoms with Crippen molar-refractivity contribution in [2.75, 3.05) is 0 Å². The van der Waals surface area contributed by atoms with Gasteiger partial charge in [0.2, 0.25) is 0 Å². The molecule has 0 atom stereocenters. The third-order valence-electron chi connectivity index (χ3n) is 2.32. The lowest BCUT2D eigenvalue weighted by Crippen LogP contribution is -2.00. The van der Waals surface area contributed by atoms with Gasteiger partial charge >= 0.3 is 5.97 Å². The van der Waals surface area contributed by atoms with Gasteiger partial charge in [-0.1, -0.05) is 12.1 Å². The number of fused-ring (bicyclic) bond motifs is 1. The number of hydrogen-bond donors (Lipinski definition) is 2. The fourth-order valence-corrected chi connectivity index (χ4v) is 1.66. The molecule has 2 rings (SSSR count). The Kier molecular flexibility index (Phi) is 2.32. The first-order valence-electron chi connectivity index (χ1n) is 4.54. The summed E-state index contributed by atoms with van der Waals surface area (Å²) in [6.45, 7) is 0. The van der Waals surface area contributed by atoms with Gasteiger partial charge in [-0.2, -0.15) is 0 Å². The second-order valence-corrected chi connectivity index (χ2v) is 3.34. The number of aliphatic carboxylic acids is 1. The van der Waals surface area contributed by atoms with Crippen LogP contribution in [-0.4, -0.2) is 21.0 Å². The molecule has 82 valence electrons. The number of carboxylic acids is 1. The van der Waals surface area contributed by atoms with E-state index in [9.17, 15) is 14.9 Å². The van der Waals surface area contributed by atoms with Gasteiger partial charge in [0, 0.05) is 0 Å². The molecule has 0 radical (unpaired) electrons. The van der Waals surface area contributed by atoms with E-state index in [0.717, 1.165) is 0 Å². The van der Waals surface area contributed by atoms with E-state index in [1.807, 2.05) is 0 Å². The van der Waals surface area contributed by atoms with E-state index in [-0.39, 0.29) is 12.1 Å². The highest BCUT2D eigenvalue weighted by atomic mass is 16.6. The minimum atomic E-state index is -0.968. The standard InChI is InChI=1S/C10H8N2O4/c13-9(14)4-6-2-1-3-7-8(12(15)16)5-11-10(6)7/h1-3,5,11H,4H2,(H,13,14). The monoisotopic (exact) mass is 220 g/mol. The minimum absolute atomic E-state index is 0.0396. The van der Waals surface area contributed by atoms with E-state index in [1.165, 1.54) is 6.20 Å². The maximum absolute atomic E-state index is 10.7. The number of nitro groups is 1. The molecule has 0 aliphatic rings. The molecule has 0 unspecified atom stereocenters.